The van der Waals surface area contributed by atoms with Gasteiger partial charge in [-0.1, -0.05) is 50.2 Å². The first-order chi connectivity index (χ1) is 15.4. The summed E-state index contributed by atoms with van der Waals surface area (Å²) in [5.74, 6) is 0.125. The summed E-state index contributed by atoms with van der Waals surface area (Å²) in [6, 6.07) is 13.0. The van der Waals surface area contributed by atoms with Gasteiger partial charge in [0, 0.05) is 26.1 Å². The van der Waals surface area contributed by atoms with Crippen molar-refractivity contribution in [3.63, 3.8) is 0 Å². The van der Waals surface area contributed by atoms with Crippen molar-refractivity contribution in [2.24, 2.45) is 11.8 Å². The van der Waals surface area contributed by atoms with Crippen LogP contribution in [0.4, 0.5) is 0 Å². The summed E-state index contributed by atoms with van der Waals surface area (Å²) >= 11 is 1.36. The molecule has 1 atom stereocenters. The average Bonchev–Trinajstić information content (AvgIpc) is 3.35. The number of amides is 3. The molecule has 0 spiro atoms. The first-order valence-corrected chi connectivity index (χ1v) is 12.3. The molecule has 1 unspecified atom stereocenters. The maximum absolute atomic E-state index is 12.9. The lowest BCUT2D eigenvalue weighted by atomic mass is 9.88. The molecule has 7 heteroatoms. The second-order valence-electron chi connectivity index (χ2n) is 8.77. The Morgan fingerprint density at radius 3 is 2.41 bits per heavy atom. The van der Waals surface area contributed by atoms with E-state index in [9.17, 15) is 14.4 Å². The Hall–Kier alpha value is -2.67. The van der Waals surface area contributed by atoms with Crippen LogP contribution < -0.4 is 10.6 Å². The maximum atomic E-state index is 12.9. The third-order valence-electron chi connectivity index (χ3n) is 5.83. The molecule has 1 aromatic heterocycles. The van der Waals surface area contributed by atoms with Crippen molar-refractivity contribution in [2.75, 3.05) is 19.6 Å². The van der Waals surface area contributed by atoms with E-state index >= 15 is 0 Å². The van der Waals surface area contributed by atoms with Crippen molar-refractivity contribution < 1.29 is 14.4 Å². The van der Waals surface area contributed by atoms with Gasteiger partial charge in [-0.3, -0.25) is 14.4 Å². The van der Waals surface area contributed by atoms with Crippen LogP contribution in [-0.2, 0) is 16.0 Å². The van der Waals surface area contributed by atoms with Gasteiger partial charge >= 0.3 is 0 Å². The number of aryl methyl sites for hydroxylation is 1. The van der Waals surface area contributed by atoms with Gasteiger partial charge in [0.1, 0.15) is 6.04 Å². The van der Waals surface area contributed by atoms with Gasteiger partial charge in [-0.25, -0.2) is 0 Å². The van der Waals surface area contributed by atoms with Crippen LogP contribution in [0.5, 0.6) is 0 Å². The van der Waals surface area contributed by atoms with Gasteiger partial charge in [0.05, 0.1) is 4.88 Å². The molecular formula is C25H33N3O3S. The minimum atomic E-state index is -0.593. The molecule has 2 heterocycles. The number of hydrogen-bond donors (Lipinski definition) is 2. The zero-order chi connectivity index (χ0) is 22.9. The van der Waals surface area contributed by atoms with Crippen LogP contribution in [0.1, 0.15) is 48.3 Å². The molecule has 3 rings (SSSR count). The Balaban J connectivity index is 1.56. The zero-order valence-corrected chi connectivity index (χ0v) is 19.7. The Bertz CT molecular complexity index is 875. The van der Waals surface area contributed by atoms with Gasteiger partial charge in [-0.2, -0.15) is 0 Å². The van der Waals surface area contributed by atoms with Crippen molar-refractivity contribution in [1.29, 1.82) is 0 Å². The largest absolute Gasteiger partial charge is 0.354 e. The standard InChI is InChI=1S/C25H33N3O3S/c1-18(2)17-26-25(31)23(27-24(30)21-9-6-16-32-21)20-12-14-28(15-13-20)22(29)11-10-19-7-4-3-5-8-19/h3-9,16,18,20,23H,10-15,17H2,1-2H3,(H,26,31)(H,27,30). The van der Waals surface area contributed by atoms with Crippen molar-refractivity contribution in [3.05, 3.63) is 58.3 Å². The predicted molar refractivity (Wildman–Crippen MR) is 127 cm³/mol. The highest BCUT2D eigenvalue weighted by atomic mass is 32.1. The molecule has 1 aliphatic heterocycles. The molecule has 1 aromatic carbocycles. The van der Waals surface area contributed by atoms with Crippen LogP contribution in [0.25, 0.3) is 0 Å². The maximum Gasteiger partial charge on any atom is 0.262 e. The number of piperidine rings is 1. The summed E-state index contributed by atoms with van der Waals surface area (Å²) in [5, 5.41) is 7.78. The molecule has 0 bridgehead atoms. The summed E-state index contributed by atoms with van der Waals surface area (Å²) in [4.78, 5) is 40.7. The highest BCUT2D eigenvalue weighted by molar-refractivity contribution is 7.12. The van der Waals surface area contributed by atoms with E-state index in [4.69, 9.17) is 0 Å². The Kier molecular flexibility index (Phi) is 8.85. The summed E-state index contributed by atoms with van der Waals surface area (Å²) < 4.78 is 0. The molecule has 6 nitrogen and oxygen atoms in total. The van der Waals surface area contributed by atoms with Gasteiger partial charge in [0.2, 0.25) is 11.8 Å². The van der Waals surface area contributed by atoms with Crippen molar-refractivity contribution in [3.8, 4) is 0 Å². The summed E-state index contributed by atoms with van der Waals surface area (Å²) in [5.41, 5.74) is 1.16. The SMILES string of the molecule is CC(C)CNC(=O)C(NC(=O)c1cccs1)C1CCN(C(=O)CCc2ccccc2)CC1. The molecule has 32 heavy (non-hydrogen) atoms. The second kappa shape index (κ2) is 11.8. The molecule has 2 aromatic rings. The summed E-state index contributed by atoms with van der Waals surface area (Å²) in [6.45, 7) is 5.88. The fraction of sp³-hybridized carbons (Fsp3) is 0.480. The van der Waals surface area contributed by atoms with Crippen LogP contribution in [-0.4, -0.2) is 48.3 Å². The van der Waals surface area contributed by atoms with Crippen molar-refractivity contribution >= 4 is 29.1 Å². The quantitative estimate of drug-likeness (QED) is 0.608. The minimum absolute atomic E-state index is 0.00393. The highest BCUT2D eigenvalue weighted by Gasteiger charge is 2.34. The normalized spacial score (nSPS) is 15.4. The van der Waals surface area contributed by atoms with Gasteiger partial charge in [-0.15, -0.1) is 11.3 Å². The Morgan fingerprint density at radius 1 is 1.06 bits per heavy atom. The second-order valence-corrected chi connectivity index (χ2v) is 9.72. The number of thiophene rings is 1. The predicted octanol–water partition coefficient (Wildman–Crippen LogP) is 3.49. The number of rotatable bonds is 9. The summed E-state index contributed by atoms with van der Waals surface area (Å²) in [7, 11) is 0. The number of carbonyl (C=O) groups excluding carboxylic acids is 3. The topological polar surface area (TPSA) is 78.5 Å². The van der Waals surface area contributed by atoms with Gasteiger partial charge in [-0.05, 0) is 48.1 Å². The molecule has 1 fully saturated rings. The van der Waals surface area contributed by atoms with E-state index in [2.05, 4.69) is 10.6 Å². The van der Waals surface area contributed by atoms with E-state index in [1.807, 2.05) is 60.5 Å². The first kappa shape index (κ1) is 24.0. The number of carbonyl (C=O) groups is 3. The Morgan fingerprint density at radius 2 is 1.78 bits per heavy atom. The molecule has 0 saturated carbocycles. The van der Waals surface area contributed by atoms with Crippen molar-refractivity contribution in [1.82, 2.24) is 15.5 Å². The average molecular weight is 456 g/mol. The molecule has 172 valence electrons. The lowest BCUT2D eigenvalue weighted by Gasteiger charge is -2.36. The number of likely N-dealkylation sites (tertiary alicyclic amines) is 1. The van der Waals surface area contributed by atoms with Crippen LogP contribution in [0.3, 0.4) is 0 Å². The van der Waals surface area contributed by atoms with E-state index in [1.54, 1.807) is 6.07 Å². The van der Waals surface area contributed by atoms with E-state index < -0.39 is 6.04 Å². The summed E-state index contributed by atoms with van der Waals surface area (Å²) in [6.07, 6.45) is 2.61. The smallest absolute Gasteiger partial charge is 0.262 e. The fourth-order valence-corrected chi connectivity index (χ4v) is 4.60. The van der Waals surface area contributed by atoms with E-state index in [-0.39, 0.29) is 23.6 Å². The number of nitrogens with zero attached hydrogens (tertiary/aromatic N) is 1. The number of benzene rings is 1. The van der Waals surface area contributed by atoms with E-state index in [0.29, 0.717) is 49.7 Å². The lowest BCUT2D eigenvalue weighted by Crippen LogP contribution is -2.54. The molecule has 1 saturated heterocycles. The van der Waals surface area contributed by atoms with Gasteiger partial charge < -0.3 is 15.5 Å². The minimum Gasteiger partial charge on any atom is -0.354 e. The van der Waals surface area contributed by atoms with Crippen LogP contribution in [0, 0.1) is 11.8 Å². The number of nitrogens with one attached hydrogen (secondary N) is 2. The molecule has 3 amide bonds. The highest BCUT2D eigenvalue weighted by Crippen LogP contribution is 2.23. The first-order valence-electron chi connectivity index (χ1n) is 11.4. The molecule has 2 N–H and O–H groups in total. The lowest BCUT2D eigenvalue weighted by molar-refractivity contribution is -0.133. The van der Waals surface area contributed by atoms with E-state index in [0.717, 1.165) is 12.0 Å². The third kappa shape index (κ3) is 6.92. The van der Waals surface area contributed by atoms with Crippen LogP contribution >= 0.6 is 11.3 Å². The molecule has 0 aliphatic carbocycles. The number of hydrogen-bond acceptors (Lipinski definition) is 4. The van der Waals surface area contributed by atoms with Gasteiger partial charge in [0.15, 0.2) is 0 Å². The van der Waals surface area contributed by atoms with E-state index in [1.165, 1.54) is 11.3 Å². The Labute approximate surface area is 194 Å². The monoisotopic (exact) mass is 455 g/mol. The molecule has 0 radical (unpaired) electrons. The van der Waals surface area contributed by atoms with Crippen molar-refractivity contribution in [2.45, 2.75) is 45.6 Å². The van der Waals surface area contributed by atoms with Crippen LogP contribution in [0.15, 0.2) is 47.8 Å². The third-order valence-corrected chi connectivity index (χ3v) is 6.70. The zero-order valence-electron chi connectivity index (χ0n) is 18.9. The van der Waals surface area contributed by atoms with Gasteiger partial charge in [0.25, 0.3) is 5.91 Å². The molecule has 1 aliphatic rings. The fourth-order valence-electron chi connectivity index (χ4n) is 3.97. The van der Waals surface area contributed by atoms with Crippen LogP contribution in [0.2, 0.25) is 0 Å². The molecular weight excluding hydrogens is 422 g/mol.